The summed E-state index contributed by atoms with van der Waals surface area (Å²) in [6.07, 6.45) is 9.01. The number of thioether (sulfide) groups is 1. The third-order valence-electron chi connectivity index (χ3n) is 10.2. The van der Waals surface area contributed by atoms with Gasteiger partial charge in [-0.05, 0) is 116 Å². The molecule has 2 amide bonds. The Bertz CT molecular complexity index is 1680. The summed E-state index contributed by atoms with van der Waals surface area (Å²) in [4.78, 5) is 28.0. The third kappa shape index (κ3) is 5.47. The molecular weight excluding hydrogens is 594 g/mol. The largest absolute Gasteiger partial charge is 0.486 e. The first kappa shape index (κ1) is 29.2. The number of carbonyl (C=O) groups excluding carboxylic acids is 2. The number of benzene rings is 3. The summed E-state index contributed by atoms with van der Waals surface area (Å²) in [6.45, 7) is 0.321. The van der Waals surface area contributed by atoms with Crippen molar-refractivity contribution in [3.05, 3.63) is 83.7 Å². The molecule has 9 rings (SSSR count). The predicted molar refractivity (Wildman–Crippen MR) is 174 cm³/mol. The molecule has 9 heteroatoms. The van der Waals surface area contributed by atoms with Crippen LogP contribution in [0, 0.1) is 17.8 Å². The summed E-state index contributed by atoms with van der Waals surface area (Å²) in [7, 11) is 1.99. The summed E-state index contributed by atoms with van der Waals surface area (Å²) < 4.78 is 14.4. The molecule has 44 heavy (non-hydrogen) atoms. The Morgan fingerprint density at radius 2 is 1.52 bits per heavy atom. The number of aryl methyl sites for hydroxylation is 1. The molecule has 7 nitrogen and oxygen atoms in total. The van der Waals surface area contributed by atoms with Gasteiger partial charge in [-0.25, -0.2) is 4.98 Å². The molecule has 0 radical (unpaired) electrons. The van der Waals surface area contributed by atoms with Crippen LogP contribution in [0.2, 0.25) is 0 Å². The van der Waals surface area contributed by atoms with Crippen molar-refractivity contribution < 1.29 is 19.1 Å². The zero-order chi connectivity index (χ0) is 29.1. The van der Waals surface area contributed by atoms with Crippen LogP contribution in [0.25, 0.3) is 11.0 Å². The van der Waals surface area contributed by atoms with Crippen molar-refractivity contribution in [1.82, 2.24) is 14.9 Å². The lowest BCUT2D eigenvalue weighted by Crippen LogP contribution is -2.48. The minimum absolute atomic E-state index is 0. The molecule has 3 aromatic carbocycles. The molecule has 1 atom stereocenters. The molecule has 4 saturated carbocycles. The van der Waals surface area contributed by atoms with Gasteiger partial charge < -0.3 is 14.0 Å². The fourth-order valence-electron chi connectivity index (χ4n) is 8.50. The van der Waals surface area contributed by atoms with E-state index in [0.29, 0.717) is 18.4 Å². The van der Waals surface area contributed by atoms with Crippen molar-refractivity contribution in [1.29, 1.82) is 0 Å². The highest BCUT2D eigenvalue weighted by atomic mass is 35.5. The van der Waals surface area contributed by atoms with E-state index in [9.17, 15) is 9.59 Å². The van der Waals surface area contributed by atoms with E-state index in [1.165, 1.54) is 44.1 Å². The van der Waals surface area contributed by atoms with Crippen LogP contribution in [0.1, 0.15) is 55.5 Å². The zero-order valence-corrected chi connectivity index (χ0v) is 26.3. The third-order valence-corrected chi connectivity index (χ3v) is 11.1. The quantitative estimate of drug-likeness (QED) is 0.215. The smallest absolute Gasteiger partial charge is 0.286 e. The van der Waals surface area contributed by atoms with Crippen LogP contribution in [0.3, 0.4) is 0 Å². The van der Waals surface area contributed by atoms with Gasteiger partial charge in [0, 0.05) is 13.1 Å². The number of halogens is 1. The number of nitrogens with zero attached hydrogens (tertiary/aromatic N) is 2. The zero-order valence-electron chi connectivity index (χ0n) is 24.7. The van der Waals surface area contributed by atoms with Gasteiger partial charge in [-0.15, -0.1) is 12.4 Å². The van der Waals surface area contributed by atoms with Crippen molar-refractivity contribution in [3.63, 3.8) is 0 Å². The topological polar surface area (TPSA) is 82.5 Å². The first-order valence-electron chi connectivity index (χ1n) is 15.4. The highest BCUT2D eigenvalue weighted by molar-refractivity contribution is 8.15. The summed E-state index contributed by atoms with van der Waals surface area (Å²) in [5, 5.41) is 1.68. The van der Waals surface area contributed by atoms with Crippen molar-refractivity contribution in [2.24, 2.45) is 24.8 Å². The molecule has 228 valence electrons. The number of hydrogen-bond acceptors (Lipinski definition) is 6. The van der Waals surface area contributed by atoms with Gasteiger partial charge in [-0.1, -0.05) is 36.0 Å². The molecule has 1 unspecified atom stereocenters. The Kier molecular flexibility index (Phi) is 7.61. The number of aromatic nitrogens is 2. The van der Waals surface area contributed by atoms with E-state index >= 15 is 0 Å². The Morgan fingerprint density at radius 3 is 2.16 bits per heavy atom. The molecule has 1 N–H and O–H groups in total. The van der Waals surface area contributed by atoms with Gasteiger partial charge in [0.25, 0.3) is 5.24 Å². The molecule has 4 bridgehead atoms. The lowest BCUT2D eigenvalue weighted by molar-refractivity contribution is -0.118. The molecule has 4 aliphatic carbocycles. The number of imide groups is 1. The van der Waals surface area contributed by atoms with E-state index in [1.54, 1.807) is 0 Å². The standard InChI is InChI=1S/C35H35N3O4S.ClH/c1-38-30-16-28(42-27-8-4-25(5-9-27)35-17-22-12-23(18-35)14-24(13-22)19-35)10-11-29(30)36-32(38)20-41-26-6-2-21(3-7-26)15-31-33(39)37-34(40)43-31;/h2-11,16,22-24,31H,12-15,17-20H2,1H3,(H,37,39,40);1H. The van der Waals surface area contributed by atoms with Crippen LogP contribution in [-0.4, -0.2) is 25.9 Å². The average molecular weight is 630 g/mol. The molecule has 5 fully saturated rings. The number of nitrogens with one attached hydrogen (secondary N) is 1. The van der Waals surface area contributed by atoms with Crippen LogP contribution < -0.4 is 14.8 Å². The summed E-state index contributed by atoms with van der Waals surface area (Å²) >= 11 is 1.04. The normalized spacial score (nSPS) is 26.9. The van der Waals surface area contributed by atoms with Gasteiger partial charge >= 0.3 is 0 Å². The first-order chi connectivity index (χ1) is 20.9. The lowest BCUT2D eigenvalue weighted by atomic mass is 9.48. The number of fused-ring (bicyclic) bond motifs is 1. The van der Waals surface area contributed by atoms with E-state index in [-0.39, 0.29) is 28.8 Å². The molecule has 2 heterocycles. The first-order valence-corrected chi connectivity index (χ1v) is 16.2. The highest BCUT2D eigenvalue weighted by Gasteiger charge is 2.51. The minimum Gasteiger partial charge on any atom is -0.486 e. The Morgan fingerprint density at radius 1 is 0.886 bits per heavy atom. The van der Waals surface area contributed by atoms with Gasteiger partial charge in [0.05, 0.1) is 16.3 Å². The molecule has 1 aliphatic heterocycles. The van der Waals surface area contributed by atoms with E-state index in [1.807, 2.05) is 54.1 Å². The van der Waals surface area contributed by atoms with E-state index in [4.69, 9.17) is 14.5 Å². The lowest BCUT2D eigenvalue weighted by Gasteiger charge is -2.57. The monoisotopic (exact) mass is 629 g/mol. The van der Waals surface area contributed by atoms with Crippen LogP contribution in [0.5, 0.6) is 17.2 Å². The number of carbonyl (C=O) groups is 2. The summed E-state index contributed by atoms with van der Waals surface area (Å²) in [5.41, 5.74) is 4.77. The molecular formula is C35H36ClN3O4S. The maximum absolute atomic E-state index is 11.8. The van der Waals surface area contributed by atoms with Crippen LogP contribution >= 0.6 is 24.2 Å². The second-order valence-electron chi connectivity index (χ2n) is 13.1. The van der Waals surface area contributed by atoms with Gasteiger partial charge in [-0.3, -0.25) is 14.9 Å². The van der Waals surface area contributed by atoms with Gasteiger partial charge in [0.1, 0.15) is 29.7 Å². The van der Waals surface area contributed by atoms with Crippen LogP contribution in [0.15, 0.2) is 66.7 Å². The number of amides is 2. The molecule has 4 aromatic rings. The fourth-order valence-corrected chi connectivity index (χ4v) is 9.36. The van der Waals surface area contributed by atoms with Crippen LogP contribution in [-0.2, 0) is 30.3 Å². The number of hydrogen-bond donors (Lipinski definition) is 1. The van der Waals surface area contributed by atoms with Gasteiger partial charge in [0.15, 0.2) is 0 Å². The maximum atomic E-state index is 11.8. The average Bonchev–Trinajstić information content (AvgIpc) is 3.48. The molecule has 1 aromatic heterocycles. The minimum atomic E-state index is -0.376. The Hall–Kier alpha value is -3.49. The number of rotatable bonds is 8. The van der Waals surface area contributed by atoms with Gasteiger partial charge in [-0.2, -0.15) is 0 Å². The van der Waals surface area contributed by atoms with Crippen LogP contribution in [0.4, 0.5) is 4.79 Å². The van der Waals surface area contributed by atoms with E-state index < -0.39 is 0 Å². The molecule has 0 spiro atoms. The predicted octanol–water partition coefficient (Wildman–Crippen LogP) is 7.73. The molecule has 5 aliphatic rings. The second kappa shape index (κ2) is 11.5. The Labute approximate surface area is 267 Å². The SMILES string of the molecule is Cl.Cn1c(COc2ccc(CC3SC(=O)NC3=O)cc2)nc2ccc(Oc3ccc(C45CC6CC(CC(C6)C4)C5)cc3)cc21. The summed E-state index contributed by atoms with van der Waals surface area (Å²) in [5.74, 6) is 5.77. The maximum Gasteiger partial charge on any atom is 0.286 e. The second-order valence-corrected chi connectivity index (χ2v) is 14.3. The van der Waals surface area contributed by atoms with Crippen molar-refractivity contribution in [2.45, 2.75) is 62.2 Å². The Balaban J connectivity index is 0.00000312. The van der Waals surface area contributed by atoms with Gasteiger partial charge in [0.2, 0.25) is 5.91 Å². The molecule has 1 saturated heterocycles. The number of imidazole rings is 1. The highest BCUT2D eigenvalue weighted by Crippen LogP contribution is 2.60. The van der Waals surface area contributed by atoms with E-state index in [2.05, 4.69) is 29.6 Å². The number of ether oxygens (including phenoxy) is 2. The fraction of sp³-hybridized carbons (Fsp3) is 0.400. The van der Waals surface area contributed by atoms with E-state index in [0.717, 1.165) is 69.2 Å². The summed E-state index contributed by atoms with van der Waals surface area (Å²) in [6, 6.07) is 22.6. The van der Waals surface area contributed by atoms with Crippen molar-refractivity contribution in [3.8, 4) is 17.2 Å². The van der Waals surface area contributed by atoms with Crippen molar-refractivity contribution in [2.75, 3.05) is 0 Å². The van der Waals surface area contributed by atoms with Crippen molar-refractivity contribution >= 4 is 46.3 Å².